The minimum atomic E-state index is -3.06. The number of sulfone groups is 1. The van der Waals surface area contributed by atoms with Gasteiger partial charge < -0.3 is 10.2 Å². The highest BCUT2D eigenvalue weighted by atomic mass is 32.2. The van der Waals surface area contributed by atoms with E-state index in [1.807, 2.05) is 25.1 Å². The Labute approximate surface area is 138 Å². The van der Waals surface area contributed by atoms with Gasteiger partial charge in [0, 0.05) is 18.6 Å². The monoisotopic (exact) mass is 336 g/mol. The predicted octanol–water partition coefficient (Wildman–Crippen LogP) is 2.15. The van der Waals surface area contributed by atoms with Crippen LogP contribution in [-0.4, -0.2) is 49.0 Å². The van der Waals surface area contributed by atoms with Gasteiger partial charge in [0.25, 0.3) is 0 Å². The number of nitrogens with zero attached hydrogens (tertiary/aromatic N) is 1. The lowest BCUT2D eigenvalue weighted by Gasteiger charge is -2.41. The van der Waals surface area contributed by atoms with Gasteiger partial charge in [-0.05, 0) is 38.2 Å². The van der Waals surface area contributed by atoms with Gasteiger partial charge in [-0.3, -0.25) is 0 Å². The molecule has 0 unspecified atom stereocenters. The second-order valence-corrected chi connectivity index (χ2v) is 9.21. The summed E-state index contributed by atoms with van der Waals surface area (Å²) in [7, 11) is -3.06. The molecule has 1 aliphatic carbocycles. The molecular formula is C17H24N2O3S. The van der Waals surface area contributed by atoms with Crippen LogP contribution in [0, 0.1) is 0 Å². The Morgan fingerprint density at radius 3 is 2.48 bits per heavy atom. The lowest BCUT2D eigenvalue weighted by atomic mass is 9.76. The van der Waals surface area contributed by atoms with Crippen LogP contribution >= 0.6 is 0 Å². The van der Waals surface area contributed by atoms with Gasteiger partial charge in [-0.15, -0.1) is 0 Å². The van der Waals surface area contributed by atoms with E-state index < -0.39 is 15.1 Å². The van der Waals surface area contributed by atoms with E-state index in [2.05, 4.69) is 17.4 Å². The Kier molecular flexibility index (Phi) is 4.36. The first-order valence-electron chi connectivity index (χ1n) is 8.22. The van der Waals surface area contributed by atoms with Crippen LogP contribution in [0.1, 0.15) is 38.2 Å². The molecule has 0 spiro atoms. The van der Waals surface area contributed by atoms with Crippen LogP contribution in [-0.2, 0) is 9.84 Å². The van der Waals surface area contributed by atoms with E-state index in [-0.39, 0.29) is 30.4 Å². The Morgan fingerprint density at radius 1 is 1.17 bits per heavy atom. The molecule has 23 heavy (non-hydrogen) atoms. The van der Waals surface area contributed by atoms with E-state index in [1.165, 1.54) is 5.56 Å². The van der Waals surface area contributed by atoms with Crippen LogP contribution in [0.2, 0.25) is 0 Å². The molecule has 2 amide bonds. The highest BCUT2D eigenvalue weighted by Gasteiger charge is 2.39. The molecule has 5 nitrogen and oxygen atoms in total. The molecule has 1 N–H and O–H groups in total. The molecule has 0 radical (unpaired) electrons. The number of amides is 2. The average Bonchev–Trinajstić information content (AvgIpc) is 2.49. The van der Waals surface area contributed by atoms with Crippen LogP contribution < -0.4 is 5.32 Å². The quantitative estimate of drug-likeness (QED) is 0.900. The molecule has 1 aromatic carbocycles. The van der Waals surface area contributed by atoms with Crippen molar-refractivity contribution in [1.29, 1.82) is 0 Å². The van der Waals surface area contributed by atoms with Gasteiger partial charge in [0.15, 0.2) is 9.84 Å². The summed E-state index contributed by atoms with van der Waals surface area (Å²) < 4.78 is 23.8. The topological polar surface area (TPSA) is 66.5 Å². The van der Waals surface area contributed by atoms with Crippen molar-refractivity contribution in [2.75, 3.05) is 12.3 Å². The molecule has 2 fully saturated rings. The fourth-order valence-corrected chi connectivity index (χ4v) is 5.02. The molecule has 6 heteroatoms. The van der Waals surface area contributed by atoms with Crippen LogP contribution in [0.5, 0.6) is 0 Å². The van der Waals surface area contributed by atoms with E-state index in [1.54, 1.807) is 11.8 Å². The number of benzene rings is 1. The molecule has 0 bridgehead atoms. The van der Waals surface area contributed by atoms with Crippen LogP contribution in [0.4, 0.5) is 4.79 Å². The number of rotatable bonds is 2. The smallest absolute Gasteiger partial charge is 0.317 e. The zero-order chi connectivity index (χ0) is 16.6. The zero-order valence-electron chi connectivity index (χ0n) is 13.6. The van der Waals surface area contributed by atoms with Crippen molar-refractivity contribution < 1.29 is 13.2 Å². The SMILES string of the molecule is C[C@H]1[C@H](C)S(=O)(=O)CCN1C(=O)NC1CC(c2ccccc2)C1. The van der Waals surface area contributed by atoms with Gasteiger partial charge in [0.05, 0.1) is 11.0 Å². The minimum absolute atomic E-state index is 0.0588. The zero-order valence-corrected chi connectivity index (χ0v) is 14.4. The van der Waals surface area contributed by atoms with E-state index in [4.69, 9.17) is 0 Å². The van der Waals surface area contributed by atoms with Crippen molar-refractivity contribution in [3.05, 3.63) is 35.9 Å². The third-order valence-electron chi connectivity index (χ3n) is 5.35. The lowest BCUT2D eigenvalue weighted by Crippen LogP contribution is -2.59. The highest BCUT2D eigenvalue weighted by molar-refractivity contribution is 7.92. The molecule has 3 rings (SSSR count). The van der Waals surface area contributed by atoms with Crippen LogP contribution in [0.15, 0.2) is 30.3 Å². The molecule has 1 saturated carbocycles. The number of hydrogen-bond donors (Lipinski definition) is 1. The third-order valence-corrected chi connectivity index (χ3v) is 7.63. The molecule has 2 atom stereocenters. The molecule has 1 saturated heterocycles. The molecular weight excluding hydrogens is 312 g/mol. The van der Waals surface area contributed by atoms with Gasteiger partial charge in [-0.1, -0.05) is 30.3 Å². The second-order valence-electron chi connectivity index (χ2n) is 6.73. The van der Waals surface area contributed by atoms with Crippen molar-refractivity contribution in [1.82, 2.24) is 10.2 Å². The number of urea groups is 1. The largest absolute Gasteiger partial charge is 0.335 e. The van der Waals surface area contributed by atoms with Gasteiger partial charge in [-0.25, -0.2) is 13.2 Å². The maximum absolute atomic E-state index is 12.4. The first-order chi connectivity index (χ1) is 10.9. The van der Waals surface area contributed by atoms with E-state index in [9.17, 15) is 13.2 Å². The molecule has 1 heterocycles. The van der Waals surface area contributed by atoms with Gasteiger partial charge in [0.2, 0.25) is 0 Å². The van der Waals surface area contributed by atoms with Crippen molar-refractivity contribution in [2.45, 2.75) is 49.9 Å². The normalized spacial score (nSPS) is 32.9. The second kappa shape index (κ2) is 6.15. The average molecular weight is 336 g/mol. The molecule has 1 aliphatic heterocycles. The summed E-state index contributed by atoms with van der Waals surface area (Å²) >= 11 is 0. The minimum Gasteiger partial charge on any atom is -0.335 e. The Morgan fingerprint density at radius 2 is 1.83 bits per heavy atom. The summed E-state index contributed by atoms with van der Waals surface area (Å²) in [6, 6.07) is 10.1. The summed E-state index contributed by atoms with van der Waals surface area (Å²) in [5, 5.41) is 2.56. The standard InChI is InChI=1S/C17H24N2O3S/c1-12-13(2)23(21,22)9-8-19(12)17(20)18-16-10-15(11-16)14-6-4-3-5-7-14/h3-7,12-13,15-16H,8-11H2,1-2H3,(H,18,20)/t12-,13-,15?,16?/m0/s1. The molecule has 1 aromatic rings. The van der Waals surface area contributed by atoms with Gasteiger partial charge in [0.1, 0.15) is 0 Å². The van der Waals surface area contributed by atoms with Crippen molar-refractivity contribution in [3.8, 4) is 0 Å². The van der Waals surface area contributed by atoms with Gasteiger partial charge in [-0.2, -0.15) is 0 Å². The van der Waals surface area contributed by atoms with Crippen molar-refractivity contribution >= 4 is 15.9 Å². The van der Waals surface area contributed by atoms with Gasteiger partial charge >= 0.3 is 6.03 Å². The number of nitrogens with one attached hydrogen (secondary N) is 1. The first-order valence-corrected chi connectivity index (χ1v) is 9.93. The molecule has 2 aliphatic rings. The first kappa shape index (κ1) is 16.3. The predicted molar refractivity (Wildman–Crippen MR) is 90.2 cm³/mol. The van der Waals surface area contributed by atoms with E-state index in [0.29, 0.717) is 5.92 Å². The summed E-state index contributed by atoms with van der Waals surface area (Å²) in [4.78, 5) is 14.1. The number of hydrogen-bond acceptors (Lipinski definition) is 3. The fourth-order valence-electron chi connectivity index (χ4n) is 3.45. The fraction of sp³-hybridized carbons (Fsp3) is 0.588. The summed E-state index contributed by atoms with van der Waals surface area (Å²) in [6.07, 6.45) is 1.90. The number of carbonyl (C=O) groups excluding carboxylic acids is 1. The van der Waals surface area contributed by atoms with Crippen molar-refractivity contribution in [3.63, 3.8) is 0 Å². The third kappa shape index (κ3) is 3.22. The van der Waals surface area contributed by atoms with E-state index in [0.717, 1.165) is 12.8 Å². The maximum Gasteiger partial charge on any atom is 0.317 e. The Bertz CT molecular complexity index is 668. The number of carbonyl (C=O) groups is 1. The van der Waals surface area contributed by atoms with E-state index >= 15 is 0 Å². The summed E-state index contributed by atoms with van der Waals surface area (Å²) in [5.41, 5.74) is 1.32. The summed E-state index contributed by atoms with van der Waals surface area (Å²) in [5.74, 6) is 0.572. The Balaban J connectivity index is 1.53. The maximum atomic E-state index is 12.4. The lowest BCUT2D eigenvalue weighted by molar-refractivity contribution is 0.165. The Hall–Kier alpha value is -1.56. The highest BCUT2D eigenvalue weighted by Crippen LogP contribution is 2.36. The van der Waals surface area contributed by atoms with Crippen LogP contribution in [0.25, 0.3) is 0 Å². The van der Waals surface area contributed by atoms with Crippen LogP contribution in [0.3, 0.4) is 0 Å². The summed E-state index contributed by atoms with van der Waals surface area (Å²) in [6.45, 7) is 3.79. The van der Waals surface area contributed by atoms with Crippen molar-refractivity contribution in [2.24, 2.45) is 0 Å². The molecule has 126 valence electrons. The molecule has 0 aromatic heterocycles.